The van der Waals surface area contributed by atoms with Crippen LogP contribution in [0.25, 0.3) is 0 Å². The van der Waals surface area contributed by atoms with Gasteiger partial charge in [-0.05, 0) is 61.6 Å². The zero-order valence-corrected chi connectivity index (χ0v) is 15.4. The molecule has 1 heterocycles. The van der Waals surface area contributed by atoms with Crippen molar-refractivity contribution < 1.29 is 18.3 Å². The zero-order chi connectivity index (χ0) is 18.1. The van der Waals surface area contributed by atoms with Crippen molar-refractivity contribution in [2.45, 2.75) is 49.1 Å². The number of nitrogens with one attached hydrogen (secondary N) is 1. The van der Waals surface area contributed by atoms with Crippen LogP contribution in [0, 0.1) is 23.7 Å². The number of hydrogen-bond acceptors (Lipinski definition) is 4. The molecule has 2 bridgehead atoms. The van der Waals surface area contributed by atoms with Crippen LogP contribution in [-0.4, -0.2) is 42.4 Å². The van der Waals surface area contributed by atoms with E-state index in [1.807, 2.05) is 0 Å². The van der Waals surface area contributed by atoms with E-state index in [2.05, 4.69) is 5.32 Å². The number of fused-ring (bicyclic) bond motifs is 1. The number of aliphatic hydroxyl groups excluding tert-OH is 1. The summed E-state index contributed by atoms with van der Waals surface area (Å²) in [5, 5.41) is 13.3. The number of carbonyl (C=O) groups is 1. The van der Waals surface area contributed by atoms with Crippen LogP contribution in [0.1, 0.15) is 32.1 Å². The largest absolute Gasteiger partial charge is 0.391 e. The molecule has 3 saturated carbocycles. The molecule has 5 atom stereocenters. The molecule has 4 aliphatic rings. The van der Waals surface area contributed by atoms with Crippen LogP contribution in [-0.2, 0) is 14.8 Å². The van der Waals surface area contributed by atoms with E-state index in [0.29, 0.717) is 24.1 Å². The van der Waals surface area contributed by atoms with Gasteiger partial charge in [0.25, 0.3) is 0 Å². The number of carbonyl (C=O) groups excluding carboxylic acids is 1. The molecule has 5 rings (SSSR count). The van der Waals surface area contributed by atoms with Crippen molar-refractivity contribution >= 4 is 21.6 Å². The summed E-state index contributed by atoms with van der Waals surface area (Å²) in [5.74, 6) is 0.952. The minimum Gasteiger partial charge on any atom is -0.391 e. The average Bonchev–Trinajstić information content (AvgIpc) is 3.15. The number of rotatable bonds is 4. The Balaban J connectivity index is 1.40. The summed E-state index contributed by atoms with van der Waals surface area (Å²) in [5.41, 5.74) is 0.523. The molecule has 1 aromatic rings. The van der Waals surface area contributed by atoms with Crippen molar-refractivity contribution in [1.82, 2.24) is 4.31 Å². The third-order valence-electron chi connectivity index (χ3n) is 6.99. The van der Waals surface area contributed by atoms with Crippen molar-refractivity contribution in [1.29, 1.82) is 0 Å². The first-order chi connectivity index (χ1) is 12.4. The van der Waals surface area contributed by atoms with Crippen molar-refractivity contribution in [3.63, 3.8) is 0 Å². The van der Waals surface area contributed by atoms with Crippen LogP contribution in [0.15, 0.2) is 29.2 Å². The van der Waals surface area contributed by atoms with Gasteiger partial charge in [-0.15, -0.1) is 0 Å². The van der Waals surface area contributed by atoms with Gasteiger partial charge in [0.1, 0.15) is 0 Å². The average molecular weight is 376 g/mol. The molecule has 1 aromatic carbocycles. The van der Waals surface area contributed by atoms with Crippen molar-refractivity contribution in [2.75, 3.05) is 11.9 Å². The van der Waals surface area contributed by atoms with Crippen LogP contribution >= 0.6 is 0 Å². The summed E-state index contributed by atoms with van der Waals surface area (Å²) in [4.78, 5) is 12.3. The van der Waals surface area contributed by atoms with Crippen LogP contribution in [0.4, 0.5) is 5.69 Å². The number of sulfonamides is 1. The monoisotopic (exact) mass is 376 g/mol. The summed E-state index contributed by atoms with van der Waals surface area (Å²) in [6.07, 6.45) is 4.22. The van der Waals surface area contributed by atoms with Gasteiger partial charge in [0.15, 0.2) is 0 Å². The lowest BCUT2D eigenvalue weighted by molar-refractivity contribution is -0.122. The van der Waals surface area contributed by atoms with Gasteiger partial charge in [-0.3, -0.25) is 4.79 Å². The normalized spacial score (nSPS) is 36.3. The molecular weight excluding hydrogens is 352 g/mol. The van der Waals surface area contributed by atoms with E-state index in [1.165, 1.54) is 4.31 Å². The van der Waals surface area contributed by atoms with E-state index in [-0.39, 0.29) is 28.7 Å². The maximum absolute atomic E-state index is 13.2. The maximum Gasteiger partial charge on any atom is 0.243 e. The molecule has 0 radical (unpaired) electrons. The molecule has 1 saturated heterocycles. The summed E-state index contributed by atoms with van der Waals surface area (Å²) in [6, 6.07) is 6.24. The molecule has 140 valence electrons. The molecule has 3 aliphatic carbocycles. The molecule has 26 heavy (non-hydrogen) atoms. The van der Waals surface area contributed by atoms with Gasteiger partial charge in [0.2, 0.25) is 15.9 Å². The fourth-order valence-electron chi connectivity index (χ4n) is 5.42. The van der Waals surface area contributed by atoms with Crippen molar-refractivity contribution in [3.8, 4) is 0 Å². The lowest BCUT2D eigenvalue weighted by Gasteiger charge is -2.28. The number of anilines is 1. The van der Waals surface area contributed by atoms with Crippen molar-refractivity contribution in [2.24, 2.45) is 23.7 Å². The number of hydrogen-bond donors (Lipinski definition) is 2. The third kappa shape index (κ3) is 2.37. The smallest absolute Gasteiger partial charge is 0.243 e. The van der Waals surface area contributed by atoms with E-state index in [4.69, 9.17) is 0 Å². The minimum atomic E-state index is -3.68. The highest BCUT2D eigenvalue weighted by molar-refractivity contribution is 7.89. The highest BCUT2D eigenvalue weighted by Crippen LogP contribution is 2.56. The Hall–Kier alpha value is -1.44. The standard InChI is InChI=1S/C19H24N2O4S/c22-18-12-7-13-10-21(17(18)16(13)8-12)26(24,25)15-6-2-5-14(9-15)20-19(23)11-3-1-4-11/h2,5-6,9,11-13,16-18,22H,1,3-4,7-8,10H2,(H,20,23)/t12-,13-,16+,17+,18+/m0/s1. The van der Waals surface area contributed by atoms with Crippen LogP contribution in [0.5, 0.6) is 0 Å². The Morgan fingerprint density at radius 3 is 2.69 bits per heavy atom. The predicted molar refractivity (Wildman–Crippen MR) is 95.8 cm³/mol. The zero-order valence-electron chi connectivity index (χ0n) is 14.5. The van der Waals surface area contributed by atoms with E-state index < -0.39 is 16.1 Å². The highest BCUT2D eigenvalue weighted by atomic mass is 32.2. The second kappa shape index (κ2) is 5.78. The molecule has 0 aromatic heterocycles. The highest BCUT2D eigenvalue weighted by Gasteiger charge is 2.61. The van der Waals surface area contributed by atoms with Gasteiger partial charge >= 0.3 is 0 Å². The molecule has 1 amide bonds. The van der Waals surface area contributed by atoms with E-state index >= 15 is 0 Å². The van der Waals surface area contributed by atoms with Gasteiger partial charge in [-0.2, -0.15) is 4.31 Å². The van der Waals surface area contributed by atoms with Crippen LogP contribution in [0.2, 0.25) is 0 Å². The molecule has 6 nitrogen and oxygen atoms in total. The second-order valence-corrected chi connectivity index (χ2v) is 10.2. The van der Waals surface area contributed by atoms with E-state index in [1.54, 1.807) is 24.3 Å². The summed E-state index contributed by atoms with van der Waals surface area (Å²) in [7, 11) is -3.68. The first kappa shape index (κ1) is 16.7. The molecule has 7 heteroatoms. The first-order valence-electron chi connectivity index (χ1n) is 9.56. The van der Waals surface area contributed by atoms with E-state index in [0.717, 1.165) is 32.1 Å². The lowest BCUT2D eigenvalue weighted by atomic mass is 9.85. The topological polar surface area (TPSA) is 86.7 Å². The molecule has 1 aliphatic heterocycles. The van der Waals surface area contributed by atoms with E-state index in [9.17, 15) is 18.3 Å². The fraction of sp³-hybridized carbons (Fsp3) is 0.632. The molecule has 2 N–H and O–H groups in total. The van der Waals surface area contributed by atoms with Crippen LogP contribution in [0.3, 0.4) is 0 Å². The van der Waals surface area contributed by atoms with Gasteiger partial charge in [-0.25, -0.2) is 8.42 Å². The fourth-order valence-corrected chi connectivity index (χ4v) is 7.21. The van der Waals surface area contributed by atoms with Gasteiger partial charge in [0, 0.05) is 18.2 Å². The number of amides is 1. The maximum atomic E-state index is 13.2. The van der Waals surface area contributed by atoms with Crippen LogP contribution < -0.4 is 5.32 Å². The number of nitrogens with zero attached hydrogens (tertiary/aromatic N) is 1. The predicted octanol–water partition coefficient (Wildman–Crippen LogP) is 1.81. The molecule has 0 spiro atoms. The molecular formula is C19H24N2O4S. The molecule has 4 fully saturated rings. The Morgan fingerprint density at radius 2 is 2.00 bits per heavy atom. The summed E-state index contributed by atoms with van der Waals surface area (Å²) >= 11 is 0. The Kier molecular flexibility index (Phi) is 3.71. The summed E-state index contributed by atoms with van der Waals surface area (Å²) < 4.78 is 28.0. The van der Waals surface area contributed by atoms with Gasteiger partial charge in [0.05, 0.1) is 17.0 Å². The third-order valence-corrected chi connectivity index (χ3v) is 8.85. The summed E-state index contributed by atoms with van der Waals surface area (Å²) in [6.45, 7) is 0.504. The Bertz CT molecular complexity index is 849. The quantitative estimate of drug-likeness (QED) is 0.839. The molecule has 0 unspecified atom stereocenters. The van der Waals surface area contributed by atoms with Gasteiger partial charge in [-0.1, -0.05) is 12.5 Å². The number of aliphatic hydroxyl groups is 1. The number of benzene rings is 1. The first-order valence-corrected chi connectivity index (χ1v) is 11.0. The second-order valence-electron chi connectivity index (χ2n) is 8.36. The minimum absolute atomic E-state index is 0.0286. The van der Waals surface area contributed by atoms with Gasteiger partial charge < -0.3 is 10.4 Å². The lowest BCUT2D eigenvalue weighted by Crippen LogP contribution is -2.43. The Labute approximate surface area is 153 Å². The van der Waals surface area contributed by atoms with Crippen molar-refractivity contribution in [3.05, 3.63) is 24.3 Å². The Morgan fingerprint density at radius 1 is 1.19 bits per heavy atom. The SMILES string of the molecule is O=C(Nc1cccc(S(=O)(=O)N2C[C@@H]3C[C@H]4C[C@H]3[C@@H]2[C@@H]4O)c1)C1CCC1.